The van der Waals surface area contributed by atoms with Crippen LogP contribution >= 0.6 is 0 Å². The molecule has 8 nitrogen and oxygen atoms in total. The van der Waals surface area contributed by atoms with Crippen LogP contribution in [0.2, 0.25) is 0 Å². The van der Waals surface area contributed by atoms with E-state index < -0.39 is 5.97 Å². The Morgan fingerprint density at radius 1 is 1.21 bits per heavy atom. The number of ether oxygens (including phenoxy) is 2. The van der Waals surface area contributed by atoms with Crippen molar-refractivity contribution in [3.8, 4) is 0 Å². The van der Waals surface area contributed by atoms with Crippen molar-refractivity contribution >= 4 is 17.9 Å². The number of amides is 3. The molecule has 2 fully saturated rings. The number of hydrogen-bond acceptors (Lipinski definition) is 5. The maximum absolute atomic E-state index is 12.2. The number of urea groups is 1. The molecule has 2 aliphatic heterocycles. The first kappa shape index (κ1) is 18.3. The van der Waals surface area contributed by atoms with Crippen molar-refractivity contribution in [1.29, 1.82) is 0 Å². The molecule has 0 aromatic heterocycles. The molecule has 2 heterocycles. The Labute approximate surface area is 141 Å². The molecule has 0 aliphatic carbocycles. The quantitative estimate of drug-likeness (QED) is 0.437. The molecule has 24 heavy (non-hydrogen) atoms. The first-order valence-corrected chi connectivity index (χ1v) is 8.25. The molecule has 0 radical (unpaired) electrons. The fourth-order valence-electron chi connectivity index (χ4n) is 2.64. The lowest BCUT2D eigenvalue weighted by Crippen LogP contribution is -2.55. The number of nitrogens with zero attached hydrogens (tertiary/aromatic N) is 2. The Hall–Kier alpha value is -2.09. The third-order valence-electron chi connectivity index (χ3n) is 4.04. The van der Waals surface area contributed by atoms with Gasteiger partial charge in [-0.1, -0.05) is 6.58 Å². The number of carbonyl (C=O) groups is 3. The second-order valence-electron chi connectivity index (χ2n) is 5.96. The summed E-state index contributed by atoms with van der Waals surface area (Å²) in [7, 11) is 0. The maximum Gasteiger partial charge on any atom is 0.333 e. The van der Waals surface area contributed by atoms with E-state index in [1.54, 1.807) is 16.7 Å². The Balaban J connectivity index is 1.64. The first-order valence-electron chi connectivity index (χ1n) is 8.25. The molecule has 0 aromatic rings. The van der Waals surface area contributed by atoms with Crippen LogP contribution in [0.4, 0.5) is 4.79 Å². The molecule has 3 amide bonds. The average Bonchev–Trinajstić information content (AvgIpc) is 3.12. The standard InChI is InChI=1S/C16H25N3O5/c1-12(2)15(21)24-11-5-17-16(22)19-8-6-18(7-9-19)14(20)13-4-3-10-23-13/h13H,1,3-11H2,2H3,(H,17,22). The summed E-state index contributed by atoms with van der Waals surface area (Å²) in [4.78, 5) is 38.9. The van der Waals surface area contributed by atoms with Gasteiger partial charge in [0.15, 0.2) is 0 Å². The first-order chi connectivity index (χ1) is 11.5. The van der Waals surface area contributed by atoms with E-state index in [9.17, 15) is 14.4 Å². The van der Waals surface area contributed by atoms with E-state index in [1.807, 2.05) is 0 Å². The van der Waals surface area contributed by atoms with Gasteiger partial charge in [-0.2, -0.15) is 0 Å². The SMILES string of the molecule is C=C(C)C(=O)OCCNC(=O)N1CCN(C(=O)C2CCCO2)CC1. The third kappa shape index (κ3) is 4.95. The van der Waals surface area contributed by atoms with Crippen LogP contribution in [0.15, 0.2) is 12.2 Å². The van der Waals surface area contributed by atoms with Crippen LogP contribution in [0, 0.1) is 0 Å². The number of nitrogens with one attached hydrogen (secondary N) is 1. The van der Waals surface area contributed by atoms with Crippen molar-refractivity contribution in [2.45, 2.75) is 25.9 Å². The smallest absolute Gasteiger partial charge is 0.333 e. The normalized spacial score (nSPS) is 20.6. The van der Waals surface area contributed by atoms with E-state index in [0.29, 0.717) is 38.4 Å². The molecule has 0 saturated carbocycles. The van der Waals surface area contributed by atoms with E-state index in [4.69, 9.17) is 9.47 Å². The molecule has 1 unspecified atom stereocenters. The zero-order chi connectivity index (χ0) is 17.5. The van der Waals surface area contributed by atoms with Gasteiger partial charge >= 0.3 is 12.0 Å². The number of rotatable bonds is 5. The third-order valence-corrected chi connectivity index (χ3v) is 4.04. The van der Waals surface area contributed by atoms with Crippen LogP contribution in [-0.4, -0.2) is 79.7 Å². The van der Waals surface area contributed by atoms with Crippen molar-refractivity contribution in [2.75, 3.05) is 45.9 Å². The van der Waals surface area contributed by atoms with Gasteiger partial charge < -0.3 is 24.6 Å². The largest absolute Gasteiger partial charge is 0.460 e. The number of piperazine rings is 1. The molecular formula is C16H25N3O5. The molecule has 134 valence electrons. The highest BCUT2D eigenvalue weighted by Crippen LogP contribution is 2.16. The highest BCUT2D eigenvalue weighted by molar-refractivity contribution is 5.87. The summed E-state index contributed by atoms with van der Waals surface area (Å²) < 4.78 is 10.3. The van der Waals surface area contributed by atoms with Crippen LogP contribution in [0.25, 0.3) is 0 Å². The Kier molecular flexibility index (Phi) is 6.60. The lowest BCUT2D eigenvalue weighted by Gasteiger charge is -2.35. The molecule has 0 spiro atoms. The summed E-state index contributed by atoms with van der Waals surface area (Å²) in [6, 6.07) is -0.217. The summed E-state index contributed by atoms with van der Waals surface area (Å²) in [5, 5.41) is 2.70. The topological polar surface area (TPSA) is 88.2 Å². The van der Waals surface area contributed by atoms with Crippen molar-refractivity contribution in [3.05, 3.63) is 12.2 Å². The zero-order valence-electron chi connectivity index (χ0n) is 14.1. The van der Waals surface area contributed by atoms with Crippen molar-refractivity contribution < 1.29 is 23.9 Å². The molecule has 2 saturated heterocycles. The molecule has 0 bridgehead atoms. The van der Waals surface area contributed by atoms with Crippen LogP contribution in [0.1, 0.15) is 19.8 Å². The molecule has 2 aliphatic rings. The molecule has 1 N–H and O–H groups in total. The number of carbonyl (C=O) groups excluding carboxylic acids is 3. The number of esters is 1. The Morgan fingerprint density at radius 3 is 2.46 bits per heavy atom. The lowest BCUT2D eigenvalue weighted by molar-refractivity contribution is -0.142. The molecular weight excluding hydrogens is 314 g/mol. The van der Waals surface area contributed by atoms with Gasteiger partial charge in [-0.3, -0.25) is 4.79 Å². The second-order valence-corrected chi connectivity index (χ2v) is 5.96. The highest BCUT2D eigenvalue weighted by Gasteiger charge is 2.31. The van der Waals surface area contributed by atoms with Crippen molar-refractivity contribution in [2.24, 2.45) is 0 Å². The highest BCUT2D eigenvalue weighted by atomic mass is 16.5. The van der Waals surface area contributed by atoms with Crippen LogP contribution < -0.4 is 5.32 Å². The van der Waals surface area contributed by atoms with Gasteiger partial charge in [0, 0.05) is 38.4 Å². The minimum atomic E-state index is -0.467. The van der Waals surface area contributed by atoms with Gasteiger partial charge in [-0.15, -0.1) is 0 Å². The second kappa shape index (κ2) is 8.68. The van der Waals surface area contributed by atoms with Crippen molar-refractivity contribution in [1.82, 2.24) is 15.1 Å². The van der Waals surface area contributed by atoms with E-state index >= 15 is 0 Å². The summed E-state index contributed by atoms with van der Waals surface area (Å²) in [5.74, 6) is -0.440. The van der Waals surface area contributed by atoms with Gasteiger partial charge in [0.1, 0.15) is 12.7 Å². The zero-order valence-corrected chi connectivity index (χ0v) is 14.1. The predicted octanol–water partition coefficient (Wildman–Crippen LogP) is 0.139. The summed E-state index contributed by atoms with van der Waals surface area (Å²) >= 11 is 0. The molecule has 8 heteroatoms. The van der Waals surface area contributed by atoms with Crippen molar-refractivity contribution in [3.63, 3.8) is 0 Å². The number of hydrogen-bond donors (Lipinski definition) is 1. The van der Waals surface area contributed by atoms with E-state index in [1.165, 1.54) is 0 Å². The molecule has 0 aromatic carbocycles. The van der Waals surface area contributed by atoms with Crippen LogP contribution in [0.5, 0.6) is 0 Å². The lowest BCUT2D eigenvalue weighted by atomic mass is 10.2. The fraction of sp³-hybridized carbons (Fsp3) is 0.688. The predicted molar refractivity (Wildman–Crippen MR) is 86.3 cm³/mol. The van der Waals surface area contributed by atoms with E-state index in [2.05, 4.69) is 11.9 Å². The van der Waals surface area contributed by atoms with Gasteiger partial charge in [0.05, 0.1) is 6.54 Å². The Bertz CT molecular complexity index is 494. The van der Waals surface area contributed by atoms with Gasteiger partial charge in [0.2, 0.25) is 0 Å². The Morgan fingerprint density at radius 2 is 1.88 bits per heavy atom. The average molecular weight is 339 g/mol. The molecule has 1 atom stereocenters. The summed E-state index contributed by atoms with van der Waals surface area (Å²) in [6.07, 6.45) is 1.39. The minimum absolute atomic E-state index is 0.0271. The molecule has 2 rings (SSSR count). The van der Waals surface area contributed by atoms with E-state index in [0.717, 1.165) is 12.8 Å². The summed E-state index contributed by atoms with van der Waals surface area (Å²) in [6.45, 7) is 8.03. The van der Waals surface area contributed by atoms with Crippen LogP contribution in [0.3, 0.4) is 0 Å². The van der Waals surface area contributed by atoms with Gasteiger partial charge in [-0.05, 0) is 19.8 Å². The summed E-state index contributed by atoms with van der Waals surface area (Å²) in [5.41, 5.74) is 0.327. The fourth-order valence-corrected chi connectivity index (χ4v) is 2.64. The van der Waals surface area contributed by atoms with Gasteiger partial charge in [-0.25, -0.2) is 9.59 Å². The minimum Gasteiger partial charge on any atom is -0.460 e. The van der Waals surface area contributed by atoms with E-state index in [-0.39, 0.29) is 31.2 Å². The van der Waals surface area contributed by atoms with Crippen LogP contribution in [-0.2, 0) is 19.1 Å². The maximum atomic E-state index is 12.2. The van der Waals surface area contributed by atoms with Gasteiger partial charge in [0.25, 0.3) is 5.91 Å². The monoisotopic (exact) mass is 339 g/mol.